The van der Waals surface area contributed by atoms with Crippen molar-refractivity contribution in [2.45, 2.75) is 12.5 Å². The summed E-state index contributed by atoms with van der Waals surface area (Å²) in [6, 6.07) is 4.93. The fraction of sp³-hybridized carbons (Fsp3) is 0.333. The molecule has 0 fully saturated rings. The van der Waals surface area contributed by atoms with Crippen LogP contribution in [0.5, 0.6) is 0 Å². The maximum atomic E-state index is 11.4. The van der Waals surface area contributed by atoms with E-state index in [1.165, 1.54) is 25.3 Å². The molecule has 0 spiro atoms. The number of benzene rings is 1. The van der Waals surface area contributed by atoms with Gasteiger partial charge in [-0.15, -0.1) is 0 Å². The number of hydrogen-bond donors (Lipinski definition) is 2. The van der Waals surface area contributed by atoms with Crippen LogP contribution in [0, 0.1) is 10.1 Å². The van der Waals surface area contributed by atoms with Gasteiger partial charge in [0, 0.05) is 25.2 Å². The minimum absolute atomic E-state index is 0.0536. The Bertz CT molecular complexity index is 518. The van der Waals surface area contributed by atoms with Crippen LogP contribution >= 0.6 is 0 Å². The summed E-state index contributed by atoms with van der Waals surface area (Å²) in [6.45, 7) is -0.222. The van der Waals surface area contributed by atoms with Gasteiger partial charge in [0.2, 0.25) is 11.8 Å². The molecule has 20 heavy (non-hydrogen) atoms. The lowest BCUT2D eigenvalue weighted by Gasteiger charge is -2.15. The molecule has 0 radical (unpaired) electrons. The standard InChI is InChI=1S/C12H15N3O5/c1-20-7-11(16)14-9(12(13)17)6-8-4-2-3-5-10(8)15(18)19/h2-5,9H,6-7H2,1H3,(H2,13,17)(H,14,16)/t9-/m0/s1. The number of rotatable bonds is 7. The largest absolute Gasteiger partial charge is 0.375 e. The Hall–Kier alpha value is -2.48. The number of primary amides is 1. The van der Waals surface area contributed by atoms with Crippen LogP contribution in [0.4, 0.5) is 5.69 Å². The predicted molar refractivity (Wildman–Crippen MR) is 69.8 cm³/mol. The first-order valence-electron chi connectivity index (χ1n) is 5.75. The summed E-state index contributed by atoms with van der Waals surface area (Å²) < 4.78 is 4.62. The fourth-order valence-electron chi connectivity index (χ4n) is 1.67. The van der Waals surface area contributed by atoms with Crippen molar-refractivity contribution in [2.75, 3.05) is 13.7 Å². The van der Waals surface area contributed by atoms with Crippen molar-refractivity contribution < 1.29 is 19.2 Å². The van der Waals surface area contributed by atoms with E-state index in [-0.39, 0.29) is 18.7 Å². The number of para-hydroxylation sites is 1. The van der Waals surface area contributed by atoms with Crippen molar-refractivity contribution in [3.8, 4) is 0 Å². The predicted octanol–water partition coefficient (Wildman–Crippen LogP) is -0.246. The molecule has 0 saturated heterocycles. The Balaban J connectivity index is 2.89. The Morgan fingerprint density at radius 1 is 1.45 bits per heavy atom. The zero-order chi connectivity index (χ0) is 15.1. The van der Waals surface area contributed by atoms with Crippen LogP contribution in [-0.4, -0.2) is 36.5 Å². The zero-order valence-electron chi connectivity index (χ0n) is 10.9. The molecule has 3 N–H and O–H groups in total. The number of nitrogens with zero attached hydrogens (tertiary/aromatic N) is 1. The van der Waals surface area contributed by atoms with Crippen molar-refractivity contribution in [1.29, 1.82) is 0 Å². The molecular weight excluding hydrogens is 266 g/mol. The third kappa shape index (κ3) is 4.32. The number of nitrogens with two attached hydrogens (primary N) is 1. The van der Waals surface area contributed by atoms with Gasteiger partial charge < -0.3 is 15.8 Å². The van der Waals surface area contributed by atoms with Crippen molar-refractivity contribution in [3.05, 3.63) is 39.9 Å². The smallest absolute Gasteiger partial charge is 0.272 e. The first-order valence-corrected chi connectivity index (χ1v) is 5.75. The van der Waals surface area contributed by atoms with Gasteiger partial charge in [-0.3, -0.25) is 19.7 Å². The van der Waals surface area contributed by atoms with Gasteiger partial charge in [-0.2, -0.15) is 0 Å². The van der Waals surface area contributed by atoms with Gasteiger partial charge in [-0.25, -0.2) is 0 Å². The van der Waals surface area contributed by atoms with Crippen LogP contribution in [0.2, 0.25) is 0 Å². The number of nitro groups is 1. The second-order valence-electron chi connectivity index (χ2n) is 4.05. The second-order valence-corrected chi connectivity index (χ2v) is 4.05. The summed E-state index contributed by atoms with van der Waals surface area (Å²) in [7, 11) is 1.33. The molecule has 1 aromatic rings. The molecule has 8 heteroatoms. The number of hydrogen-bond acceptors (Lipinski definition) is 5. The quantitative estimate of drug-likeness (QED) is 0.527. The molecule has 2 amide bonds. The highest BCUT2D eigenvalue weighted by Gasteiger charge is 2.22. The molecule has 0 aliphatic heterocycles. The van der Waals surface area contributed by atoms with E-state index in [2.05, 4.69) is 10.1 Å². The fourth-order valence-corrected chi connectivity index (χ4v) is 1.67. The monoisotopic (exact) mass is 281 g/mol. The number of nitro benzene ring substituents is 1. The van der Waals surface area contributed by atoms with E-state index in [1.54, 1.807) is 6.07 Å². The third-order valence-corrected chi connectivity index (χ3v) is 2.57. The molecule has 0 aliphatic carbocycles. The number of carbonyl (C=O) groups is 2. The third-order valence-electron chi connectivity index (χ3n) is 2.57. The van der Waals surface area contributed by atoms with Crippen LogP contribution in [0.15, 0.2) is 24.3 Å². The minimum atomic E-state index is -1.03. The maximum absolute atomic E-state index is 11.4. The molecule has 8 nitrogen and oxygen atoms in total. The summed E-state index contributed by atoms with van der Waals surface area (Å²) in [4.78, 5) is 33.0. The lowest BCUT2D eigenvalue weighted by Crippen LogP contribution is -2.47. The molecule has 1 rings (SSSR count). The zero-order valence-corrected chi connectivity index (χ0v) is 10.9. The highest BCUT2D eigenvalue weighted by molar-refractivity contribution is 5.87. The second kappa shape index (κ2) is 7.19. The molecule has 0 aliphatic rings. The molecule has 0 bridgehead atoms. The molecule has 0 aromatic heterocycles. The Labute approximate surface area is 115 Å². The first-order chi connectivity index (χ1) is 9.45. The highest BCUT2D eigenvalue weighted by atomic mass is 16.6. The van der Waals surface area contributed by atoms with Gasteiger partial charge in [0.15, 0.2) is 0 Å². The van der Waals surface area contributed by atoms with E-state index in [0.717, 1.165) is 0 Å². The average Bonchev–Trinajstić information content (AvgIpc) is 2.38. The first kappa shape index (κ1) is 15.6. The van der Waals surface area contributed by atoms with Crippen LogP contribution in [0.25, 0.3) is 0 Å². The number of amides is 2. The normalized spacial score (nSPS) is 11.7. The topological polar surface area (TPSA) is 125 Å². The van der Waals surface area contributed by atoms with E-state index < -0.39 is 22.8 Å². The van der Waals surface area contributed by atoms with Crippen molar-refractivity contribution in [1.82, 2.24) is 5.32 Å². The van der Waals surface area contributed by atoms with E-state index in [0.29, 0.717) is 5.56 Å². The summed E-state index contributed by atoms with van der Waals surface area (Å²) in [5.41, 5.74) is 5.38. The number of carbonyl (C=O) groups excluding carboxylic acids is 2. The van der Waals surface area contributed by atoms with Crippen LogP contribution in [0.1, 0.15) is 5.56 Å². The van der Waals surface area contributed by atoms with Gasteiger partial charge in [-0.1, -0.05) is 18.2 Å². The molecule has 0 unspecified atom stereocenters. The van der Waals surface area contributed by atoms with Crippen molar-refractivity contribution in [2.24, 2.45) is 5.73 Å². The van der Waals surface area contributed by atoms with E-state index in [4.69, 9.17) is 5.73 Å². The van der Waals surface area contributed by atoms with Crippen molar-refractivity contribution in [3.63, 3.8) is 0 Å². The molecule has 1 aromatic carbocycles. The summed E-state index contributed by atoms with van der Waals surface area (Å²) >= 11 is 0. The molecule has 0 saturated carbocycles. The molecule has 0 heterocycles. The molecule has 1 atom stereocenters. The Morgan fingerprint density at radius 3 is 2.65 bits per heavy atom. The number of methoxy groups -OCH3 is 1. The van der Waals surface area contributed by atoms with Gasteiger partial charge in [0.1, 0.15) is 12.6 Å². The van der Waals surface area contributed by atoms with E-state index in [1.807, 2.05) is 0 Å². The van der Waals surface area contributed by atoms with Gasteiger partial charge in [0.05, 0.1) is 4.92 Å². The average molecular weight is 281 g/mol. The van der Waals surface area contributed by atoms with Gasteiger partial charge >= 0.3 is 0 Å². The maximum Gasteiger partial charge on any atom is 0.272 e. The summed E-state index contributed by atoms with van der Waals surface area (Å²) in [6.07, 6.45) is -0.0536. The SMILES string of the molecule is COCC(=O)N[C@@H](Cc1ccccc1[N+](=O)[O-])C(N)=O. The lowest BCUT2D eigenvalue weighted by molar-refractivity contribution is -0.385. The Kier molecular flexibility index (Phi) is 5.60. The number of ether oxygens (including phenoxy) is 1. The van der Waals surface area contributed by atoms with E-state index in [9.17, 15) is 19.7 Å². The van der Waals surface area contributed by atoms with Gasteiger partial charge in [-0.05, 0) is 0 Å². The lowest BCUT2D eigenvalue weighted by atomic mass is 10.0. The van der Waals surface area contributed by atoms with Crippen LogP contribution < -0.4 is 11.1 Å². The van der Waals surface area contributed by atoms with E-state index >= 15 is 0 Å². The molecular formula is C12H15N3O5. The molecule has 108 valence electrons. The number of nitrogens with one attached hydrogen (secondary N) is 1. The van der Waals surface area contributed by atoms with Crippen molar-refractivity contribution >= 4 is 17.5 Å². The minimum Gasteiger partial charge on any atom is -0.375 e. The Morgan fingerprint density at radius 2 is 2.10 bits per heavy atom. The van der Waals surface area contributed by atoms with Crippen LogP contribution in [0.3, 0.4) is 0 Å². The van der Waals surface area contributed by atoms with Gasteiger partial charge in [0.25, 0.3) is 5.69 Å². The van der Waals surface area contributed by atoms with Crippen LogP contribution in [-0.2, 0) is 20.7 Å². The summed E-state index contributed by atoms with van der Waals surface area (Å²) in [5, 5.41) is 13.3. The summed E-state index contributed by atoms with van der Waals surface area (Å²) in [5.74, 6) is -1.29. The highest BCUT2D eigenvalue weighted by Crippen LogP contribution is 2.19.